The molecule has 104 valence electrons. The molecule has 19 heavy (non-hydrogen) atoms. The van der Waals surface area contributed by atoms with E-state index >= 15 is 0 Å². The van der Waals surface area contributed by atoms with Gasteiger partial charge in [-0.2, -0.15) is 0 Å². The molecule has 2 rings (SSSR count). The van der Waals surface area contributed by atoms with Crippen molar-refractivity contribution in [3.8, 4) is 0 Å². The van der Waals surface area contributed by atoms with Gasteiger partial charge in [-0.15, -0.1) is 0 Å². The van der Waals surface area contributed by atoms with Gasteiger partial charge in [-0.3, -0.25) is 0 Å². The molecule has 0 aliphatic carbocycles. The molecule has 0 radical (unpaired) electrons. The Bertz CT molecular complexity index is 453. The van der Waals surface area contributed by atoms with E-state index in [4.69, 9.17) is 22.7 Å². The summed E-state index contributed by atoms with van der Waals surface area (Å²) in [6.07, 6.45) is 1.77. The molecule has 1 fully saturated rings. The van der Waals surface area contributed by atoms with Gasteiger partial charge in [0.25, 0.3) is 0 Å². The van der Waals surface area contributed by atoms with E-state index in [0.717, 1.165) is 12.4 Å². The number of pyridine rings is 1. The minimum atomic E-state index is -0.173. The van der Waals surface area contributed by atoms with E-state index in [1.807, 2.05) is 6.20 Å². The maximum absolute atomic E-state index is 5.65. The molecule has 0 bridgehead atoms. The Morgan fingerprint density at radius 1 is 1.47 bits per heavy atom. The summed E-state index contributed by atoms with van der Waals surface area (Å²) in [6, 6.07) is 4.19. The zero-order valence-electron chi connectivity index (χ0n) is 11.7. The van der Waals surface area contributed by atoms with Crippen molar-refractivity contribution in [2.75, 3.05) is 24.6 Å². The lowest BCUT2D eigenvalue weighted by Crippen LogP contribution is -2.48. The Balaban J connectivity index is 2.12. The van der Waals surface area contributed by atoms with Crippen LogP contribution in [-0.4, -0.2) is 35.8 Å². The zero-order valence-corrected chi connectivity index (χ0v) is 12.5. The van der Waals surface area contributed by atoms with Crippen LogP contribution in [0.2, 0.25) is 0 Å². The third-order valence-electron chi connectivity index (χ3n) is 3.32. The second-order valence-corrected chi connectivity index (χ2v) is 6.33. The number of ether oxygens (including phenoxy) is 1. The summed E-state index contributed by atoms with van der Waals surface area (Å²) in [5, 5.41) is 0. The molecule has 1 atom stereocenters. The molecule has 0 amide bonds. The average Bonchev–Trinajstić information content (AvgIpc) is 2.38. The molecule has 4 nitrogen and oxygen atoms in total. The van der Waals surface area contributed by atoms with Crippen LogP contribution in [0, 0.1) is 0 Å². The number of nitrogens with two attached hydrogens (primary N) is 1. The van der Waals surface area contributed by atoms with Gasteiger partial charge >= 0.3 is 0 Å². The number of rotatable bonds is 2. The van der Waals surface area contributed by atoms with Gasteiger partial charge in [-0.05, 0) is 17.0 Å². The van der Waals surface area contributed by atoms with Crippen LogP contribution in [0.5, 0.6) is 0 Å². The molecule has 1 unspecified atom stereocenters. The van der Waals surface area contributed by atoms with Crippen LogP contribution >= 0.6 is 12.2 Å². The fourth-order valence-electron chi connectivity index (χ4n) is 2.05. The normalized spacial score (nSPS) is 20.4. The topological polar surface area (TPSA) is 51.4 Å². The lowest BCUT2D eigenvalue weighted by Gasteiger charge is -2.33. The Labute approximate surface area is 120 Å². The molecule has 0 saturated carbocycles. The highest BCUT2D eigenvalue weighted by Crippen LogP contribution is 2.23. The number of aromatic nitrogens is 1. The molecular weight excluding hydrogens is 258 g/mol. The van der Waals surface area contributed by atoms with Crippen molar-refractivity contribution < 1.29 is 4.74 Å². The number of nitrogens with zero attached hydrogens (tertiary/aromatic N) is 2. The fourth-order valence-corrected chi connectivity index (χ4v) is 2.19. The molecule has 1 saturated heterocycles. The predicted molar refractivity (Wildman–Crippen MR) is 81.7 cm³/mol. The molecule has 0 spiro atoms. The average molecular weight is 279 g/mol. The Kier molecular flexibility index (Phi) is 4.06. The van der Waals surface area contributed by atoms with Gasteiger partial charge in [0.05, 0.1) is 13.2 Å². The van der Waals surface area contributed by atoms with Crippen LogP contribution in [0.3, 0.4) is 0 Å². The summed E-state index contributed by atoms with van der Waals surface area (Å²) in [6.45, 7) is 8.67. The van der Waals surface area contributed by atoms with Crippen molar-refractivity contribution in [2.45, 2.75) is 32.3 Å². The van der Waals surface area contributed by atoms with Gasteiger partial charge in [0.15, 0.2) is 0 Å². The van der Waals surface area contributed by atoms with Crippen molar-refractivity contribution in [2.24, 2.45) is 5.73 Å². The molecule has 1 aromatic heterocycles. The SMILES string of the molecule is CC(C)(C)c1ccc(N2CCOC(C(N)=S)C2)nc1. The summed E-state index contributed by atoms with van der Waals surface area (Å²) < 4.78 is 5.53. The van der Waals surface area contributed by atoms with Crippen molar-refractivity contribution in [3.05, 3.63) is 23.9 Å². The molecule has 1 aliphatic rings. The summed E-state index contributed by atoms with van der Waals surface area (Å²) in [5.41, 5.74) is 7.00. The Hall–Kier alpha value is -1.20. The van der Waals surface area contributed by atoms with Gasteiger partial charge in [0, 0.05) is 12.7 Å². The van der Waals surface area contributed by atoms with Crippen molar-refractivity contribution >= 4 is 23.0 Å². The molecule has 1 aromatic rings. The third kappa shape index (κ3) is 3.42. The molecule has 2 N–H and O–H groups in total. The van der Waals surface area contributed by atoms with Crippen LogP contribution < -0.4 is 10.6 Å². The van der Waals surface area contributed by atoms with Gasteiger partial charge < -0.3 is 15.4 Å². The first kappa shape index (κ1) is 14.2. The first-order valence-electron chi connectivity index (χ1n) is 6.50. The van der Waals surface area contributed by atoms with Crippen molar-refractivity contribution in [1.29, 1.82) is 0 Å². The molecule has 2 heterocycles. The zero-order chi connectivity index (χ0) is 14.0. The van der Waals surface area contributed by atoms with Crippen LogP contribution in [-0.2, 0) is 10.2 Å². The highest BCUT2D eigenvalue weighted by atomic mass is 32.1. The quantitative estimate of drug-likeness (QED) is 0.838. The minimum absolute atomic E-state index is 0.123. The van der Waals surface area contributed by atoms with E-state index in [1.54, 1.807) is 0 Å². The van der Waals surface area contributed by atoms with Gasteiger partial charge in [0.2, 0.25) is 0 Å². The summed E-state index contributed by atoms with van der Waals surface area (Å²) in [4.78, 5) is 7.13. The van der Waals surface area contributed by atoms with E-state index in [1.165, 1.54) is 5.56 Å². The number of morpholine rings is 1. The monoisotopic (exact) mass is 279 g/mol. The van der Waals surface area contributed by atoms with Gasteiger partial charge in [-0.25, -0.2) is 4.98 Å². The molecule has 5 heteroatoms. The van der Waals surface area contributed by atoms with Crippen molar-refractivity contribution in [3.63, 3.8) is 0 Å². The summed E-state index contributed by atoms with van der Waals surface area (Å²) in [5.74, 6) is 0.956. The lowest BCUT2D eigenvalue weighted by molar-refractivity contribution is 0.0844. The number of thiocarbonyl (C=S) groups is 1. The summed E-state index contributed by atoms with van der Waals surface area (Å²) in [7, 11) is 0. The fraction of sp³-hybridized carbons (Fsp3) is 0.571. The first-order chi connectivity index (χ1) is 8.88. The highest BCUT2D eigenvalue weighted by molar-refractivity contribution is 7.80. The largest absolute Gasteiger partial charge is 0.391 e. The standard InChI is InChI=1S/C14H21N3OS/c1-14(2,3)10-4-5-12(16-8-10)17-6-7-18-11(9-17)13(15)19/h4-5,8,11H,6-7,9H2,1-3H3,(H2,15,19). The van der Waals surface area contributed by atoms with E-state index in [2.05, 4.69) is 42.8 Å². The Morgan fingerprint density at radius 3 is 2.74 bits per heavy atom. The Morgan fingerprint density at radius 2 is 2.21 bits per heavy atom. The molecule has 0 aromatic carbocycles. The highest BCUT2D eigenvalue weighted by Gasteiger charge is 2.23. The smallest absolute Gasteiger partial charge is 0.128 e. The first-order valence-corrected chi connectivity index (χ1v) is 6.91. The van der Waals surface area contributed by atoms with E-state index in [0.29, 0.717) is 18.1 Å². The summed E-state index contributed by atoms with van der Waals surface area (Å²) >= 11 is 4.99. The lowest BCUT2D eigenvalue weighted by atomic mass is 9.88. The van der Waals surface area contributed by atoms with Crippen LogP contribution in [0.15, 0.2) is 18.3 Å². The number of anilines is 1. The number of hydrogen-bond donors (Lipinski definition) is 1. The second kappa shape index (κ2) is 5.43. The predicted octanol–water partition coefficient (Wildman–Crippen LogP) is 1.87. The van der Waals surface area contributed by atoms with Crippen LogP contribution in [0.1, 0.15) is 26.3 Å². The van der Waals surface area contributed by atoms with Crippen molar-refractivity contribution in [1.82, 2.24) is 4.98 Å². The van der Waals surface area contributed by atoms with Crippen LogP contribution in [0.25, 0.3) is 0 Å². The van der Waals surface area contributed by atoms with E-state index in [-0.39, 0.29) is 11.5 Å². The molecular formula is C14H21N3OS. The van der Waals surface area contributed by atoms with E-state index < -0.39 is 0 Å². The second-order valence-electron chi connectivity index (χ2n) is 5.86. The van der Waals surface area contributed by atoms with Gasteiger partial charge in [-0.1, -0.05) is 39.1 Å². The minimum Gasteiger partial charge on any atom is -0.391 e. The molecule has 1 aliphatic heterocycles. The van der Waals surface area contributed by atoms with Gasteiger partial charge in [0.1, 0.15) is 16.9 Å². The van der Waals surface area contributed by atoms with Crippen LogP contribution in [0.4, 0.5) is 5.82 Å². The maximum atomic E-state index is 5.65. The maximum Gasteiger partial charge on any atom is 0.128 e. The van der Waals surface area contributed by atoms with E-state index in [9.17, 15) is 0 Å². The third-order valence-corrected chi connectivity index (χ3v) is 3.58. The number of hydrogen-bond acceptors (Lipinski definition) is 4.